The number of methoxy groups -OCH3 is 1. The second kappa shape index (κ2) is 7.84. The van der Waals surface area contributed by atoms with E-state index < -0.39 is 0 Å². The number of para-hydroxylation sites is 2. The first-order valence-corrected chi connectivity index (χ1v) is 8.94. The van der Waals surface area contributed by atoms with Crippen LogP contribution < -0.4 is 14.8 Å². The van der Waals surface area contributed by atoms with Crippen molar-refractivity contribution < 1.29 is 14.3 Å². The van der Waals surface area contributed by atoms with E-state index in [2.05, 4.69) is 5.32 Å². The average Bonchev–Trinajstić information content (AvgIpc) is 2.75. The maximum Gasteiger partial charge on any atom is 0.256 e. The van der Waals surface area contributed by atoms with Crippen molar-refractivity contribution in [3.63, 3.8) is 0 Å². The third-order valence-corrected chi connectivity index (χ3v) is 4.44. The molecule has 4 aromatic rings. The van der Waals surface area contributed by atoms with Gasteiger partial charge in [-0.3, -0.25) is 4.79 Å². The third-order valence-electron chi connectivity index (χ3n) is 4.44. The van der Waals surface area contributed by atoms with Crippen LogP contribution in [0.5, 0.6) is 17.2 Å². The van der Waals surface area contributed by atoms with Gasteiger partial charge in [-0.2, -0.15) is 0 Å². The maximum atomic E-state index is 12.9. The van der Waals surface area contributed by atoms with Gasteiger partial charge in [0.15, 0.2) is 5.75 Å². The maximum absolute atomic E-state index is 12.9. The fraction of sp³-hybridized carbons (Fsp3) is 0.0417. The van der Waals surface area contributed by atoms with Crippen molar-refractivity contribution in [1.82, 2.24) is 0 Å². The van der Waals surface area contributed by atoms with E-state index in [1.807, 2.05) is 84.9 Å². The molecule has 4 heteroatoms. The van der Waals surface area contributed by atoms with Gasteiger partial charge in [-0.15, -0.1) is 0 Å². The normalized spacial score (nSPS) is 10.5. The van der Waals surface area contributed by atoms with Gasteiger partial charge in [0, 0.05) is 11.6 Å². The molecule has 4 rings (SSSR count). The van der Waals surface area contributed by atoms with E-state index in [1.165, 1.54) is 0 Å². The van der Waals surface area contributed by atoms with E-state index in [4.69, 9.17) is 9.47 Å². The van der Waals surface area contributed by atoms with E-state index in [0.717, 1.165) is 10.8 Å². The molecule has 0 spiro atoms. The first-order valence-electron chi connectivity index (χ1n) is 8.94. The molecule has 0 radical (unpaired) electrons. The van der Waals surface area contributed by atoms with E-state index in [-0.39, 0.29) is 5.91 Å². The second-order valence-corrected chi connectivity index (χ2v) is 6.26. The van der Waals surface area contributed by atoms with Crippen LogP contribution in [-0.4, -0.2) is 13.0 Å². The van der Waals surface area contributed by atoms with Crippen LogP contribution in [0.15, 0.2) is 91.0 Å². The Bertz CT molecular complexity index is 1130. The number of hydrogen-bond donors (Lipinski definition) is 1. The van der Waals surface area contributed by atoms with E-state index in [9.17, 15) is 4.79 Å². The summed E-state index contributed by atoms with van der Waals surface area (Å²) in [5, 5.41) is 4.91. The SMILES string of the molecule is COc1cccc(Oc2ccccc2NC(=O)c2cccc3ccccc23)c1. The summed E-state index contributed by atoms with van der Waals surface area (Å²) in [4.78, 5) is 12.9. The zero-order valence-corrected chi connectivity index (χ0v) is 15.4. The Morgan fingerprint density at radius 3 is 2.39 bits per heavy atom. The van der Waals surface area contributed by atoms with Crippen molar-refractivity contribution in [1.29, 1.82) is 0 Å². The van der Waals surface area contributed by atoms with Gasteiger partial charge in [-0.1, -0.05) is 54.6 Å². The number of ether oxygens (including phenoxy) is 2. The molecule has 4 aromatic carbocycles. The van der Waals surface area contributed by atoms with E-state index in [1.54, 1.807) is 13.2 Å². The quantitative estimate of drug-likeness (QED) is 0.477. The molecule has 138 valence electrons. The van der Waals surface area contributed by atoms with Gasteiger partial charge < -0.3 is 14.8 Å². The summed E-state index contributed by atoms with van der Waals surface area (Å²) < 4.78 is 11.2. The van der Waals surface area contributed by atoms with Gasteiger partial charge >= 0.3 is 0 Å². The molecule has 0 aromatic heterocycles. The number of hydrogen-bond acceptors (Lipinski definition) is 3. The molecular formula is C24H19NO3. The fourth-order valence-corrected chi connectivity index (χ4v) is 3.06. The molecule has 28 heavy (non-hydrogen) atoms. The van der Waals surface area contributed by atoms with Crippen molar-refractivity contribution in [3.8, 4) is 17.2 Å². The minimum absolute atomic E-state index is 0.182. The molecule has 1 amide bonds. The molecule has 0 aliphatic heterocycles. The number of fused-ring (bicyclic) bond motifs is 1. The Labute approximate surface area is 163 Å². The highest BCUT2D eigenvalue weighted by Crippen LogP contribution is 2.31. The average molecular weight is 369 g/mol. The van der Waals surface area contributed by atoms with Gasteiger partial charge in [0.25, 0.3) is 5.91 Å². The molecule has 0 aliphatic rings. The van der Waals surface area contributed by atoms with Crippen LogP contribution in [0.4, 0.5) is 5.69 Å². The number of benzene rings is 4. The van der Waals surface area contributed by atoms with Crippen LogP contribution in [0, 0.1) is 0 Å². The summed E-state index contributed by atoms with van der Waals surface area (Å²) in [5.74, 6) is 1.71. The third kappa shape index (κ3) is 3.67. The van der Waals surface area contributed by atoms with Crippen LogP contribution in [0.2, 0.25) is 0 Å². The summed E-state index contributed by atoms with van der Waals surface area (Å²) in [6, 6.07) is 28.2. The summed E-state index contributed by atoms with van der Waals surface area (Å²) >= 11 is 0. The Balaban J connectivity index is 1.62. The molecule has 0 atom stereocenters. The van der Waals surface area contributed by atoms with E-state index in [0.29, 0.717) is 28.5 Å². The monoisotopic (exact) mass is 369 g/mol. The van der Waals surface area contributed by atoms with Gasteiger partial charge in [0.2, 0.25) is 0 Å². The van der Waals surface area contributed by atoms with Gasteiger partial charge in [0.05, 0.1) is 12.8 Å². The number of amides is 1. The smallest absolute Gasteiger partial charge is 0.256 e. The van der Waals surface area contributed by atoms with Crippen LogP contribution in [0.3, 0.4) is 0 Å². The standard InChI is InChI=1S/C24H19NO3/c1-27-18-10-7-11-19(16-18)28-23-15-5-4-14-22(23)25-24(26)21-13-6-9-17-8-2-3-12-20(17)21/h2-16H,1H3,(H,25,26). The van der Waals surface area contributed by atoms with Crippen molar-refractivity contribution in [3.05, 3.63) is 96.6 Å². The predicted octanol–water partition coefficient (Wildman–Crippen LogP) is 5.89. The Hall–Kier alpha value is -3.79. The number of carbonyl (C=O) groups is 1. The van der Waals surface area contributed by atoms with Crippen molar-refractivity contribution in [2.24, 2.45) is 0 Å². The lowest BCUT2D eigenvalue weighted by Crippen LogP contribution is -2.13. The number of anilines is 1. The lowest BCUT2D eigenvalue weighted by molar-refractivity contribution is 0.102. The number of rotatable bonds is 5. The summed E-state index contributed by atoms with van der Waals surface area (Å²) in [6.45, 7) is 0. The predicted molar refractivity (Wildman–Crippen MR) is 111 cm³/mol. The van der Waals surface area contributed by atoms with Crippen molar-refractivity contribution >= 4 is 22.4 Å². The molecule has 0 unspecified atom stereocenters. The highest BCUT2D eigenvalue weighted by atomic mass is 16.5. The Morgan fingerprint density at radius 2 is 1.50 bits per heavy atom. The highest BCUT2D eigenvalue weighted by molar-refractivity contribution is 6.13. The Morgan fingerprint density at radius 1 is 0.786 bits per heavy atom. The van der Waals surface area contributed by atoms with Gasteiger partial charge in [-0.25, -0.2) is 0 Å². The summed E-state index contributed by atoms with van der Waals surface area (Å²) in [6.07, 6.45) is 0. The summed E-state index contributed by atoms with van der Waals surface area (Å²) in [5.41, 5.74) is 1.22. The van der Waals surface area contributed by atoms with Crippen molar-refractivity contribution in [2.75, 3.05) is 12.4 Å². The molecule has 0 heterocycles. The molecule has 4 nitrogen and oxygen atoms in total. The summed E-state index contributed by atoms with van der Waals surface area (Å²) in [7, 11) is 1.61. The minimum atomic E-state index is -0.182. The molecule has 0 bridgehead atoms. The lowest BCUT2D eigenvalue weighted by atomic mass is 10.0. The van der Waals surface area contributed by atoms with E-state index >= 15 is 0 Å². The van der Waals surface area contributed by atoms with Crippen LogP contribution >= 0.6 is 0 Å². The van der Waals surface area contributed by atoms with Crippen LogP contribution in [0.25, 0.3) is 10.8 Å². The molecule has 0 aliphatic carbocycles. The fourth-order valence-electron chi connectivity index (χ4n) is 3.06. The van der Waals surface area contributed by atoms with Gasteiger partial charge in [-0.05, 0) is 41.1 Å². The molecular weight excluding hydrogens is 350 g/mol. The molecule has 0 saturated carbocycles. The van der Waals surface area contributed by atoms with Crippen molar-refractivity contribution in [2.45, 2.75) is 0 Å². The number of nitrogens with one attached hydrogen (secondary N) is 1. The second-order valence-electron chi connectivity index (χ2n) is 6.26. The molecule has 0 saturated heterocycles. The highest BCUT2D eigenvalue weighted by Gasteiger charge is 2.13. The largest absolute Gasteiger partial charge is 0.497 e. The molecule has 1 N–H and O–H groups in total. The lowest BCUT2D eigenvalue weighted by Gasteiger charge is -2.13. The molecule has 0 fully saturated rings. The first-order chi connectivity index (χ1) is 13.7. The van der Waals surface area contributed by atoms with Crippen LogP contribution in [0.1, 0.15) is 10.4 Å². The minimum Gasteiger partial charge on any atom is -0.497 e. The number of carbonyl (C=O) groups excluding carboxylic acids is 1. The Kier molecular flexibility index (Phi) is 4.93. The van der Waals surface area contributed by atoms with Gasteiger partial charge in [0.1, 0.15) is 11.5 Å². The topological polar surface area (TPSA) is 47.6 Å². The zero-order chi connectivity index (χ0) is 19.3. The zero-order valence-electron chi connectivity index (χ0n) is 15.4. The first kappa shape index (κ1) is 17.6. The van der Waals surface area contributed by atoms with Crippen LogP contribution in [-0.2, 0) is 0 Å².